The van der Waals surface area contributed by atoms with Gasteiger partial charge in [0.25, 0.3) is 5.91 Å². The molecule has 0 aliphatic carbocycles. The van der Waals surface area contributed by atoms with Gasteiger partial charge in [-0.15, -0.1) is 0 Å². The summed E-state index contributed by atoms with van der Waals surface area (Å²) >= 11 is 0. The molecule has 8 heteroatoms. The molecular weight excluding hydrogens is 440 g/mol. The van der Waals surface area contributed by atoms with Gasteiger partial charge in [-0.2, -0.15) is 4.31 Å². The number of aryl methyl sites for hydroxylation is 1. The summed E-state index contributed by atoms with van der Waals surface area (Å²) in [6.45, 7) is 9.08. The molecule has 0 radical (unpaired) electrons. The van der Waals surface area contributed by atoms with E-state index < -0.39 is 10.0 Å². The van der Waals surface area contributed by atoms with Crippen LogP contribution in [0.2, 0.25) is 0 Å². The van der Waals surface area contributed by atoms with Crippen LogP contribution in [0.4, 0.5) is 0 Å². The number of benzene rings is 2. The van der Waals surface area contributed by atoms with Crippen LogP contribution in [0.1, 0.15) is 72.6 Å². The average molecular weight is 475 g/mol. The van der Waals surface area contributed by atoms with E-state index >= 15 is 0 Å². The molecule has 1 N–H and O–H groups in total. The lowest BCUT2D eigenvalue weighted by molar-refractivity contribution is 0.0936. The molecule has 1 aliphatic heterocycles. The molecular formula is C25H34N2O5S. The van der Waals surface area contributed by atoms with E-state index in [1.807, 2.05) is 19.9 Å². The Kier molecular flexibility index (Phi) is 7.69. The second-order valence-corrected chi connectivity index (χ2v) is 10.7. The van der Waals surface area contributed by atoms with Crippen molar-refractivity contribution in [1.29, 1.82) is 0 Å². The van der Waals surface area contributed by atoms with E-state index in [2.05, 4.69) is 25.2 Å². The number of methoxy groups -OCH3 is 2. The zero-order valence-electron chi connectivity index (χ0n) is 20.3. The molecule has 1 atom stereocenters. The number of carbonyl (C=O) groups is 1. The van der Waals surface area contributed by atoms with Crippen LogP contribution in [0.3, 0.4) is 0 Å². The molecule has 1 amide bonds. The van der Waals surface area contributed by atoms with Gasteiger partial charge >= 0.3 is 0 Å². The van der Waals surface area contributed by atoms with Crippen molar-refractivity contribution in [3.8, 4) is 11.5 Å². The van der Waals surface area contributed by atoms with E-state index in [4.69, 9.17) is 9.47 Å². The number of ether oxygens (including phenoxy) is 2. The number of hydrogen-bond acceptors (Lipinski definition) is 5. The lowest BCUT2D eigenvalue weighted by Gasteiger charge is -2.22. The summed E-state index contributed by atoms with van der Waals surface area (Å²) < 4.78 is 38.4. The predicted molar refractivity (Wildman–Crippen MR) is 129 cm³/mol. The standard InChI is InChI=1S/C25H34N2O5S/c1-16(2)20-15-21(17(3)13-24(20)32-6)18(4)26-25(28)22-14-19(9-10-23(22)31-5)33(29,30)27-11-7-8-12-27/h9-10,13-16,18H,7-8,11-12H2,1-6H3,(H,26,28). The lowest BCUT2D eigenvalue weighted by Crippen LogP contribution is -2.30. The Morgan fingerprint density at radius 2 is 1.61 bits per heavy atom. The molecule has 33 heavy (non-hydrogen) atoms. The fourth-order valence-electron chi connectivity index (χ4n) is 4.26. The third-order valence-corrected chi connectivity index (χ3v) is 8.07. The number of rotatable bonds is 8. The molecule has 2 aromatic rings. The highest BCUT2D eigenvalue weighted by Gasteiger charge is 2.29. The minimum absolute atomic E-state index is 0.103. The highest BCUT2D eigenvalue weighted by atomic mass is 32.2. The van der Waals surface area contributed by atoms with Crippen LogP contribution in [0.25, 0.3) is 0 Å². The Labute approximate surface area is 197 Å². The molecule has 7 nitrogen and oxygen atoms in total. The van der Waals surface area contributed by atoms with Crippen LogP contribution >= 0.6 is 0 Å². The van der Waals surface area contributed by atoms with Crippen molar-refractivity contribution in [2.24, 2.45) is 0 Å². The highest BCUT2D eigenvalue weighted by molar-refractivity contribution is 7.89. The summed E-state index contributed by atoms with van der Waals surface area (Å²) in [4.78, 5) is 13.3. The second-order valence-electron chi connectivity index (χ2n) is 8.77. The zero-order valence-corrected chi connectivity index (χ0v) is 21.1. The number of nitrogens with one attached hydrogen (secondary N) is 1. The SMILES string of the molecule is COc1ccc(S(=O)(=O)N2CCCC2)cc1C(=O)NC(C)c1cc(C(C)C)c(OC)cc1C. The second kappa shape index (κ2) is 10.1. The van der Waals surface area contributed by atoms with Gasteiger partial charge in [0.05, 0.1) is 30.7 Å². The minimum Gasteiger partial charge on any atom is -0.496 e. The fourth-order valence-corrected chi connectivity index (χ4v) is 5.81. The molecule has 0 bridgehead atoms. The quantitative estimate of drug-likeness (QED) is 0.613. The van der Waals surface area contributed by atoms with Crippen LogP contribution in [-0.4, -0.2) is 45.9 Å². The maximum atomic E-state index is 13.2. The normalized spacial score (nSPS) is 15.5. The van der Waals surface area contributed by atoms with Gasteiger partial charge in [0.15, 0.2) is 0 Å². The number of hydrogen-bond donors (Lipinski definition) is 1. The van der Waals surface area contributed by atoms with Gasteiger partial charge in [-0.25, -0.2) is 8.42 Å². The van der Waals surface area contributed by atoms with Crippen molar-refractivity contribution in [3.05, 3.63) is 52.6 Å². The molecule has 1 saturated heterocycles. The molecule has 0 saturated carbocycles. The van der Waals surface area contributed by atoms with Crippen molar-refractivity contribution in [2.75, 3.05) is 27.3 Å². The highest BCUT2D eigenvalue weighted by Crippen LogP contribution is 2.33. The van der Waals surface area contributed by atoms with Gasteiger partial charge < -0.3 is 14.8 Å². The number of carbonyl (C=O) groups excluding carboxylic acids is 1. The Morgan fingerprint density at radius 1 is 0.970 bits per heavy atom. The zero-order chi connectivity index (χ0) is 24.3. The van der Waals surface area contributed by atoms with Crippen molar-refractivity contribution >= 4 is 15.9 Å². The summed E-state index contributed by atoms with van der Waals surface area (Å²) in [5.74, 6) is 1.02. The predicted octanol–water partition coefficient (Wildman–Crippen LogP) is 4.41. The van der Waals surface area contributed by atoms with Crippen LogP contribution < -0.4 is 14.8 Å². The largest absolute Gasteiger partial charge is 0.496 e. The van der Waals surface area contributed by atoms with Crippen molar-refractivity contribution in [1.82, 2.24) is 9.62 Å². The van der Waals surface area contributed by atoms with Crippen molar-refractivity contribution in [2.45, 2.75) is 57.4 Å². The van der Waals surface area contributed by atoms with Gasteiger partial charge in [0.1, 0.15) is 11.5 Å². The summed E-state index contributed by atoms with van der Waals surface area (Å²) in [6.07, 6.45) is 1.69. The van der Waals surface area contributed by atoms with E-state index in [1.165, 1.54) is 29.6 Å². The molecule has 180 valence electrons. The number of sulfonamides is 1. The smallest absolute Gasteiger partial charge is 0.255 e. The van der Waals surface area contributed by atoms with E-state index in [0.29, 0.717) is 18.8 Å². The van der Waals surface area contributed by atoms with Gasteiger partial charge in [-0.05, 0) is 79.6 Å². The first-order valence-corrected chi connectivity index (χ1v) is 12.7. The Hall–Kier alpha value is -2.58. The average Bonchev–Trinajstić information content (AvgIpc) is 3.33. The van der Waals surface area contributed by atoms with Crippen LogP contribution in [0, 0.1) is 6.92 Å². The summed E-state index contributed by atoms with van der Waals surface area (Å²) in [6, 6.07) is 8.19. The molecule has 2 aromatic carbocycles. The van der Waals surface area contributed by atoms with Crippen LogP contribution in [0.5, 0.6) is 11.5 Å². The number of amides is 1. The van der Waals surface area contributed by atoms with E-state index in [0.717, 1.165) is 35.3 Å². The Morgan fingerprint density at radius 3 is 2.18 bits per heavy atom. The minimum atomic E-state index is -3.65. The number of nitrogens with zero attached hydrogens (tertiary/aromatic N) is 1. The Balaban J connectivity index is 1.92. The van der Waals surface area contributed by atoms with Crippen LogP contribution in [0.15, 0.2) is 35.2 Å². The first kappa shape index (κ1) is 25.1. The first-order valence-electron chi connectivity index (χ1n) is 11.3. The Bertz CT molecular complexity index is 1120. The molecule has 0 aromatic heterocycles. The van der Waals surface area contributed by atoms with Crippen molar-refractivity contribution in [3.63, 3.8) is 0 Å². The third kappa shape index (κ3) is 5.17. The first-order chi connectivity index (χ1) is 15.6. The molecule has 0 spiro atoms. The van der Waals surface area contributed by atoms with Crippen molar-refractivity contribution < 1.29 is 22.7 Å². The lowest BCUT2D eigenvalue weighted by atomic mass is 9.93. The maximum Gasteiger partial charge on any atom is 0.255 e. The topological polar surface area (TPSA) is 84.9 Å². The monoisotopic (exact) mass is 474 g/mol. The van der Waals surface area contributed by atoms with Gasteiger partial charge in [-0.3, -0.25) is 4.79 Å². The van der Waals surface area contributed by atoms with Crippen LogP contribution in [-0.2, 0) is 10.0 Å². The third-order valence-electron chi connectivity index (χ3n) is 6.17. The van der Waals surface area contributed by atoms with Gasteiger partial charge in [0.2, 0.25) is 10.0 Å². The van der Waals surface area contributed by atoms with Gasteiger partial charge in [-0.1, -0.05) is 13.8 Å². The fraction of sp³-hybridized carbons (Fsp3) is 0.480. The summed E-state index contributed by atoms with van der Waals surface area (Å²) in [5, 5.41) is 3.01. The molecule has 1 fully saturated rings. The molecule has 1 heterocycles. The maximum absolute atomic E-state index is 13.2. The van der Waals surface area contributed by atoms with Gasteiger partial charge in [0, 0.05) is 13.1 Å². The molecule has 3 rings (SSSR count). The van der Waals surface area contributed by atoms with E-state index in [1.54, 1.807) is 7.11 Å². The summed E-state index contributed by atoms with van der Waals surface area (Å²) in [7, 11) is -0.527. The summed E-state index contributed by atoms with van der Waals surface area (Å²) in [5.41, 5.74) is 3.24. The van der Waals surface area contributed by atoms with E-state index in [9.17, 15) is 13.2 Å². The molecule has 1 unspecified atom stereocenters. The van der Waals surface area contributed by atoms with E-state index in [-0.39, 0.29) is 28.3 Å². The molecule has 1 aliphatic rings.